The van der Waals surface area contributed by atoms with E-state index >= 15 is 0 Å². The largest absolute Gasteiger partial charge is 0.392 e. The fourth-order valence-corrected chi connectivity index (χ4v) is 3.81. The molecule has 0 aliphatic heterocycles. The maximum Gasteiger partial charge on any atom is 0.0775 e. The molecule has 0 unspecified atom stereocenters. The van der Waals surface area contributed by atoms with Crippen LogP contribution >= 0.6 is 0 Å². The molecule has 0 aromatic heterocycles. The quantitative estimate of drug-likeness (QED) is 0.626. The average Bonchev–Trinajstić information content (AvgIpc) is 2.25. The third-order valence-corrected chi connectivity index (χ3v) is 5.43. The second kappa shape index (κ2) is 4.32. The van der Waals surface area contributed by atoms with Gasteiger partial charge in [-0.3, -0.25) is 0 Å². The summed E-state index contributed by atoms with van der Waals surface area (Å²) in [5, 5.41) is 30.4. The van der Waals surface area contributed by atoms with Gasteiger partial charge in [-0.25, -0.2) is 0 Å². The minimum atomic E-state index is -0.699. The van der Waals surface area contributed by atoms with Crippen LogP contribution in [0.3, 0.4) is 0 Å². The molecular weight excluding hydrogens is 228 g/mol. The number of fused-ring (bicyclic) bond motifs is 1. The maximum absolute atomic E-state index is 10.3. The molecule has 104 valence electrons. The standard InChI is InChI=1S/C15H26O3/c1-9-11-7-10(14(2,3)18)5-6-15(11,4)13(17)8-12(9)16/h10-13,16-18H,1,5-8H2,2-4H3/t10-,11-,12+,13-,15-/m1/s1. The molecule has 0 aromatic rings. The van der Waals surface area contributed by atoms with Crippen LogP contribution in [0, 0.1) is 17.3 Å². The summed E-state index contributed by atoms with van der Waals surface area (Å²) < 4.78 is 0. The lowest BCUT2D eigenvalue weighted by atomic mass is 9.53. The molecule has 3 heteroatoms. The van der Waals surface area contributed by atoms with E-state index < -0.39 is 17.8 Å². The van der Waals surface area contributed by atoms with Crippen molar-refractivity contribution in [3.63, 3.8) is 0 Å². The zero-order chi connectivity index (χ0) is 13.7. The molecular formula is C15H26O3. The van der Waals surface area contributed by atoms with E-state index in [1.165, 1.54) is 0 Å². The Morgan fingerprint density at radius 1 is 1.28 bits per heavy atom. The zero-order valence-electron chi connectivity index (χ0n) is 11.7. The first kappa shape index (κ1) is 14.0. The number of hydrogen-bond donors (Lipinski definition) is 3. The Bertz CT molecular complexity index is 344. The van der Waals surface area contributed by atoms with Gasteiger partial charge >= 0.3 is 0 Å². The Morgan fingerprint density at radius 3 is 2.44 bits per heavy atom. The molecule has 0 bridgehead atoms. The number of aliphatic hydroxyl groups is 3. The summed E-state index contributed by atoms with van der Waals surface area (Å²) in [6, 6.07) is 0. The monoisotopic (exact) mass is 254 g/mol. The van der Waals surface area contributed by atoms with E-state index in [2.05, 4.69) is 13.5 Å². The van der Waals surface area contributed by atoms with Gasteiger partial charge in [0.25, 0.3) is 0 Å². The molecule has 2 aliphatic rings. The SMILES string of the molecule is C=C1[C@H]2C[C@H](C(C)(C)O)CC[C@@]2(C)[C@H](O)C[C@@H]1O. The number of aliphatic hydroxyl groups excluding tert-OH is 2. The van der Waals surface area contributed by atoms with E-state index in [0.717, 1.165) is 24.8 Å². The van der Waals surface area contributed by atoms with Crippen molar-refractivity contribution in [2.75, 3.05) is 0 Å². The van der Waals surface area contributed by atoms with E-state index in [1.807, 2.05) is 13.8 Å². The highest BCUT2D eigenvalue weighted by atomic mass is 16.3. The topological polar surface area (TPSA) is 60.7 Å². The minimum absolute atomic E-state index is 0.112. The van der Waals surface area contributed by atoms with E-state index in [4.69, 9.17) is 0 Å². The van der Waals surface area contributed by atoms with Gasteiger partial charge in [0, 0.05) is 11.8 Å². The van der Waals surface area contributed by atoms with Crippen LogP contribution in [-0.2, 0) is 0 Å². The summed E-state index contributed by atoms with van der Waals surface area (Å²) in [5.41, 5.74) is -0.0377. The van der Waals surface area contributed by atoms with Crippen molar-refractivity contribution in [3.8, 4) is 0 Å². The van der Waals surface area contributed by atoms with E-state index in [-0.39, 0.29) is 17.3 Å². The van der Waals surface area contributed by atoms with Crippen LogP contribution in [0.25, 0.3) is 0 Å². The Morgan fingerprint density at radius 2 is 1.89 bits per heavy atom. The predicted molar refractivity (Wildman–Crippen MR) is 71.0 cm³/mol. The van der Waals surface area contributed by atoms with Crippen molar-refractivity contribution in [2.45, 2.75) is 64.3 Å². The molecule has 3 nitrogen and oxygen atoms in total. The highest BCUT2D eigenvalue weighted by Crippen LogP contribution is 2.54. The first-order valence-electron chi connectivity index (χ1n) is 6.93. The summed E-state index contributed by atoms with van der Waals surface area (Å²) in [5.74, 6) is 0.325. The molecule has 0 spiro atoms. The Balaban J connectivity index is 2.25. The third kappa shape index (κ3) is 2.13. The Hall–Kier alpha value is -0.380. The highest BCUT2D eigenvalue weighted by Gasteiger charge is 2.52. The van der Waals surface area contributed by atoms with Crippen molar-refractivity contribution in [1.82, 2.24) is 0 Å². The van der Waals surface area contributed by atoms with Crippen LogP contribution in [0.5, 0.6) is 0 Å². The molecule has 2 aliphatic carbocycles. The molecule has 2 saturated carbocycles. The molecule has 0 amide bonds. The van der Waals surface area contributed by atoms with E-state index in [9.17, 15) is 15.3 Å². The second-order valence-corrected chi connectivity index (χ2v) is 7.03. The smallest absolute Gasteiger partial charge is 0.0775 e. The molecule has 18 heavy (non-hydrogen) atoms. The van der Waals surface area contributed by atoms with Crippen LogP contribution < -0.4 is 0 Å². The van der Waals surface area contributed by atoms with Crippen molar-refractivity contribution >= 4 is 0 Å². The lowest BCUT2D eigenvalue weighted by Gasteiger charge is -2.54. The van der Waals surface area contributed by atoms with E-state index in [1.54, 1.807) is 0 Å². The number of hydrogen-bond acceptors (Lipinski definition) is 3. The fraction of sp³-hybridized carbons (Fsp3) is 0.867. The lowest BCUT2D eigenvalue weighted by molar-refractivity contribution is -0.107. The lowest BCUT2D eigenvalue weighted by Crippen LogP contribution is -2.53. The Kier molecular flexibility index (Phi) is 3.37. The molecule has 0 heterocycles. The first-order chi connectivity index (χ1) is 8.16. The zero-order valence-corrected chi connectivity index (χ0v) is 11.7. The normalized spacial score (nSPS) is 45.8. The average molecular weight is 254 g/mol. The van der Waals surface area contributed by atoms with Crippen molar-refractivity contribution in [1.29, 1.82) is 0 Å². The van der Waals surface area contributed by atoms with Gasteiger partial charge in [-0.15, -0.1) is 0 Å². The second-order valence-electron chi connectivity index (χ2n) is 7.03. The summed E-state index contributed by atoms with van der Waals surface area (Å²) in [6.45, 7) is 9.82. The summed E-state index contributed by atoms with van der Waals surface area (Å²) >= 11 is 0. The highest BCUT2D eigenvalue weighted by molar-refractivity contribution is 5.20. The molecule has 5 atom stereocenters. The van der Waals surface area contributed by atoms with Crippen molar-refractivity contribution < 1.29 is 15.3 Å². The predicted octanol–water partition coefficient (Wildman–Crippen LogP) is 1.86. The van der Waals surface area contributed by atoms with Crippen LogP contribution in [0.2, 0.25) is 0 Å². The van der Waals surface area contributed by atoms with Crippen LogP contribution in [0.15, 0.2) is 12.2 Å². The summed E-state index contributed by atoms with van der Waals surface area (Å²) in [4.78, 5) is 0. The molecule has 2 rings (SSSR count). The molecule has 2 fully saturated rings. The van der Waals surface area contributed by atoms with Gasteiger partial charge in [-0.1, -0.05) is 13.5 Å². The van der Waals surface area contributed by atoms with Gasteiger partial charge in [0.15, 0.2) is 0 Å². The summed E-state index contributed by atoms with van der Waals surface area (Å²) in [6.07, 6.45) is 1.96. The minimum Gasteiger partial charge on any atom is -0.392 e. The van der Waals surface area contributed by atoms with Gasteiger partial charge < -0.3 is 15.3 Å². The molecule has 0 saturated heterocycles. The fourth-order valence-electron chi connectivity index (χ4n) is 3.81. The van der Waals surface area contributed by atoms with Gasteiger partial charge in [-0.2, -0.15) is 0 Å². The third-order valence-electron chi connectivity index (χ3n) is 5.43. The molecule has 0 aromatic carbocycles. The Labute approximate surface area is 110 Å². The molecule has 3 N–H and O–H groups in total. The van der Waals surface area contributed by atoms with Crippen LogP contribution in [0.1, 0.15) is 46.5 Å². The van der Waals surface area contributed by atoms with Crippen LogP contribution in [-0.4, -0.2) is 33.1 Å². The van der Waals surface area contributed by atoms with Crippen LogP contribution in [0.4, 0.5) is 0 Å². The first-order valence-corrected chi connectivity index (χ1v) is 6.93. The van der Waals surface area contributed by atoms with E-state index in [0.29, 0.717) is 6.42 Å². The number of rotatable bonds is 1. The van der Waals surface area contributed by atoms with Gasteiger partial charge in [0.1, 0.15) is 0 Å². The molecule has 0 radical (unpaired) electrons. The van der Waals surface area contributed by atoms with Crippen molar-refractivity contribution in [3.05, 3.63) is 12.2 Å². The van der Waals surface area contributed by atoms with Crippen molar-refractivity contribution in [2.24, 2.45) is 17.3 Å². The van der Waals surface area contributed by atoms with Gasteiger partial charge in [0.2, 0.25) is 0 Å². The summed E-state index contributed by atoms with van der Waals surface area (Å²) in [7, 11) is 0. The van der Waals surface area contributed by atoms with Gasteiger partial charge in [0.05, 0.1) is 17.8 Å². The maximum atomic E-state index is 10.3. The van der Waals surface area contributed by atoms with Gasteiger partial charge in [-0.05, 0) is 50.5 Å².